The van der Waals surface area contributed by atoms with Crippen molar-refractivity contribution in [2.75, 3.05) is 12.3 Å². The minimum atomic E-state index is -2.17. The highest BCUT2D eigenvalue weighted by Gasteiger charge is 2.29. The first-order valence-electron chi connectivity index (χ1n) is 6.22. The number of rotatable bonds is 3. The summed E-state index contributed by atoms with van der Waals surface area (Å²) >= 11 is 16.2. The van der Waals surface area contributed by atoms with Gasteiger partial charge in [-0.05, 0) is 23.1 Å². The van der Waals surface area contributed by atoms with Gasteiger partial charge in [0.25, 0.3) is 3.79 Å². The Hall–Kier alpha value is -0.130. The summed E-state index contributed by atoms with van der Waals surface area (Å²) in [4.78, 5) is 10.9. The van der Waals surface area contributed by atoms with Gasteiger partial charge in [-0.1, -0.05) is 67.7 Å². The van der Waals surface area contributed by atoms with Crippen LogP contribution in [-0.4, -0.2) is 27.2 Å². The van der Waals surface area contributed by atoms with E-state index in [9.17, 15) is 4.79 Å². The molecular formula is C14H20Cl3NO2S. The standard InChI is InChI=1S/C12H19NS.C2HCl3O2/c1-12(2,3)10-4-6-11(7-5-10)14-9-8-13;3-2(4,5)1(6)7/h4-7H,8-9,13H2,1-3H3;(H,6,7). The molecule has 0 saturated heterocycles. The zero-order valence-corrected chi connectivity index (χ0v) is 15.3. The average molecular weight is 373 g/mol. The van der Waals surface area contributed by atoms with Gasteiger partial charge in [0.15, 0.2) is 0 Å². The van der Waals surface area contributed by atoms with E-state index in [0.29, 0.717) is 0 Å². The molecule has 0 unspecified atom stereocenters. The second kappa shape index (κ2) is 9.11. The quantitative estimate of drug-likeness (QED) is 0.606. The predicted molar refractivity (Wildman–Crippen MR) is 92.8 cm³/mol. The maximum atomic E-state index is 9.62. The second-order valence-electron chi connectivity index (χ2n) is 5.21. The first-order valence-corrected chi connectivity index (χ1v) is 8.34. The fourth-order valence-corrected chi connectivity index (χ4v) is 1.91. The Balaban J connectivity index is 0.000000486. The van der Waals surface area contributed by atoms with Gasteiger partial charge in [-0.25, -0.2) is 4.79 Å². The molecule has 0 saturated carbocycles. The van der Waals surface area contributed by atoms with Gasteiger partial charge in [0.1, 0.15) is 0 Å². The number of thioether (sulfide) groups is 1. The molecule has 0 radical (unpaired) electrons. The van der Waals surface area contributed by atoms with Crippen molar-refractivity contribution in [3.05, 3.63) is 29.8 Å². The van der Waals surface area contributed by atoms with Crippen LogP contribution in [0, 0.1) is 0 Å². The second-order valence-corrected chi connectivity index (χ2v) is 8.66. The third-order valence-corrected chi connectivity index (χ3v) is 3.88. The number of alkyl halides is 3. The summed E-state index contributed by atoms with van der Waals surface area (Å²) in [7, 11) is 0. The van der Waals surface area contributed by atoms with Gasteiger partial charge in [0.2, 0.25) is 0 Å². The molecule has 0 aliphatic carbocycles. The molecule has 0 bridgehead atoms. The Morgan fingerprint density at radius 2 is 1.62 bits per heavy atom. The van der Waals surface area contributed by atoms with E-state index in [1.165, 1.54) is 10.5 Å². The Bertz CT molecular complexity index is 439. The zero-order valence-electron chi connectivity index (χ0n) is 12.2. The molecule has 0 heterocycles. The van der Waals surface area contributed by atoms with Crippen molar-refractivity contribution in [2.24, 2.45) is 5.73 Å². The third kappa shape index (κ3) is 9.48. The van der Waals surface area contributed by atoms with Crippen LogP contribution in [0.3, 0.4) is 0 Å². The maximum absolute atomic E-state index is 9.62. The van der Waals surface area contributed by atoms with E-state index in [1.807, 2.05) is 11.8 Å². The van der Waals surface area contributed by atoms with Crippen molar-refractivity contribution in [3.8, 4) is 0 Å². The molecule has 1 aromatic carbocycles. The minimum Gasteiger partial charge on any atom is -0.478 e. The van der Waals surface area contributed by atoms with Crippen LogP contribution in [0.4, 0.5) is 0 Å². The van der Waals surface area contributed by atoms with Crippen molar-refractivity contribution in [1.29, 1.82) is 0 Å². The van der Waals surface area contributed by atoms with E-state index in [0.717, 1.165) is 12.3 Å². The molecule has 0 fully saturated rings. The SMILES string of the molecule is CC(C)(C)c1ccc(SCCN)cc1.O=C(O)C(Cl)(Cl)Cl. The van der Waals surface area contributed by atoms with Gasteiger partial charge >= 0.3 is 5.97 Å². The molecule has 21 heavy (non-hydrogen) atoms. The van der Waals surface area contributed by atoms with Crippen LogP contribution in [0.25, 0.3) is 0 Å². The number of carboxylic acids is 1. The molecule has 0 aliphatic heterocycles. The lowest BCUT2D eigenvalue weighted by Crippen LogP contribution is -2.16. The molecule has 3 N–H and O–H groups in total. The molecular weight excluding hydrogens is 353 g/mol. The lowest BCUT2D eigenvalue weighted by Gasteiger charge is -2.18. The van der Waals surface area contributed by atoms with E-state index in [4.69, 9.17) is 45.6 Å². The lowest BCUT2D eigenvalue weighted by molar-refractivity contribution is -0.135. The molecule has 0 spiro atoms. The third-order valence-electron chi connectivity index (χ3n) is 2.35. The van der Waals surface area contributed by atoms with Crippen LogP contribution in [0.2, 0.25) is 0 Å². The molecule has 1 rings (SSSR count). The summed E-state index contributed by atoms with van der Waals surface area (Å²) in [6.07, 6.45) is 0. The van der Waals surface area contributed by atoms with E-state index in [1.54, 1.807) is 0 Å². The molecule has 7 heteroatoms. The van der Waals surface area contributed by atoms with E-state index in [2.05, 4.69) is 45.0 Å². The van der Waals surface area contributed by atoms with E-state index < -0.39 is 9.76 Å². The summed E-state index contributed by atoms with van der Waals surface area (Å²) in [5.74, 6) is -0.466. The first-order chi connectivity index (χ1) is 9.48. The van der Waals surface area contributed by atoms with Crippen molar-refractivity contribution in [2.45, 2.75) is 34.9 Å². The number of halogens is 3. The van der Waals surface area contributed by atoms with E-state index in [-0.39, 0.29) is 5.41 Å². The Morgan fingerprint density at radius 1 is 1.19 bits per heavy atom. The summed E-state index contributed by atoms with van der Waals surface area (Å²) < 4.78 is -2.17. The summed E-state index contributed by atoms with van der Waals surface area (Å²) in [5.41, 5.74) is 7.09. The monoisotopic (exact) mass is 371 g/mol. The van der Waals surface area contributed by atoms with Gasteiger partial charge in [0, 0.05) is 17.2 Å². The van der Waals surface area contributed by atoms with Crippen molar-refractivity contribution >= 4 is 52.5 Å². The number of carboxylic acid groups (broad SMARTS) is 1. The highest BCUT2D eigenvalue weighted by molar-refractivity contribution is 7.99. The number of hydrogen-bond acceptors (Lipinski definition) is 3. The summed E-state index contributed by atoms with van der Waals surface area (Å²) in [6, 6.07) is 8.78. The molecule has 3 nitrogen and oxygen atoms in total. The maximum Gasteiger partial charge on any atom is 0.356 e. The number of hydrogen-bond donors (Lipinski definition) is 2. The van der Waals surface area contributed by atoms with Crippen LogP contribution in [0.15, 0.2) is 29.2 Å². The molecule has 0 amide bonds. The van der Waals surface area contributed by atoms with Crippen LogP contribution in [0.5, 0.6) is 0 Å². The highest BCUT2D eigenvalue weighted by Crippen LogP contribution is 2.26. The van der Waals surface area contributed by atoms with Crippen molar-refractivity contribution in [1.82, 2.24) is 0 Å². The number of benzene rings is 1. The topological polar surface area (TPSA) is 63.3 Å². The average Bonchev–Trinajstić information content (AvgIpc) is 2.35. The predicted octanol–water partition coefficient (Wildman–Crippen LogP) is 4.48. The van der Waals surface area contributed by atoms with E-state index >= 15 is 0 Å². The summed E-state index contributed by atoms with van der Waals surface area (Å²) in [5, 5.41) is 7.85. The van der Waals surface area contributed by atoms with Crippen LogP contribution in [0.1, 0.15) is 26.3 Å². The van der Waals surface area contributed by atoms with Gasteiger partial charge < -0.3 is 10.8 Å². The largest absolute Gasteiger partial charge is 0.478 e. The number of nitrogens with two attached hydrogens (primary N) is 1. The Kier molecular flexibility index (Phi) is 9.05. The molecule has 0 atom stereocenters. The normalized spacial score (nSPS) is 11.6. The number of aliphatic carboxylic acids is 1. The molecule has 0 aromatic heterocycles. The van der Waals surface area contributed by atoms with Crippen LogP contribution >= 0.6 is 46.6 Å². The Labute approximate surface area is 145 Å². The molecule has 0 aliphatic rings. The van der Waals surface area contributed by atoms with Crippen molar-refractivity contribution in [3.63, 3.8) is 0 Å². The fraction of sp³-hybridized carbons (Fsp3) is 0.500. The highest BCUT2D eigenvalue weighted by atomic mass is 35.6. The Morgan fingerprint density at radius 3 is 1.90 bits per heavy atom. The minimum absolute atomic E-state index is 0.247. The van der Waals surface area contributed by atoms with Gasteiger partial charge in [-0.3, -0.25) is 0 Å². The van der Waals surface area contributed by atoms with Crippen molar-refractivity contribution < 1.29 is 9.90 Å². The van der Waals surface area contributed by atoms with Crippen LogP contribution < -0.4 is 5.73 Å². The van der Waals surface area contributed by atoms with Crippen LogP contribution in [-0.2, 0) is 10.2 Å². The van der Waals surface area contributed by atoms with Gasteiger partial charge in [-0.15, -0.1) is 11.8 Å². The smallest absolute Gasteiger partial charge is 0.356 e. The lowest BCUT2D eigenvalue weighted by atomic mass is 9.87. The zero-order chi connectivity index (χ0) is 16.7. The fourth-order valence-electron chi connectivity index (χ4n) is 1.23. The molecule has 120 valence electrons. The first kappa shape index (κ1) is 20.9. The van der Waals surface area contributed by atoms with Gasteiger partial charge in [0.05, 0.1) is 0 Å². The molecule has 1 aromatic rings. The summed E-state index contributed by atoms with van der Waals surface area (Å²) in [6.45, 7) is 7.44. The van der Waals surface area contributed by atoms with Gasteiger partial charge in [-0.2, -0.15) is 0 Å². The number of carbonyl (C=O) groups is 1.